The van der Waals surface area contributed by atoms with Gasteiger partial charge in [-0.2, -0.15) is 0 Å². The van der Waals surface area contributed by atoms with Gasteiger partial charge in [-0.15, -0.1) is 11.8 Å². The van der Waals surface area contributed by atoms with Gasteiger partial charge in [0.15, 0.2) is 0 Å². The van der Waals surface area contributed by atoms with Gasteiger partial charge in [0.2, 0.25) is 5.91 Å². The second-order valence-electron chi connectivity index (χ2n) is 3.35. The summed E-state index contributed by atoms with van der Waals surface area (Å²) in [6.07, 6.45) is 1.84. The van der Waals surface area contributed by atoms with Crippen molar-refractivity contribution in [1.82, 2.24) is 0 Å². The lowest BCUT2D eigenvalue weighted by molar-refractivity contribution is -0.119. The summed E-state index contributed by atoms with van der Waals surface area (Å²) in [5, 5.41) is -0.0510. The number of benzene rings is 1. The molecule has 1 aliphatic rings. The average molecular weight is 220 g/mol. The van der Waals surface area contributed by atoms with Gasteiger partial charge in [0, 0.05) is 12.0 Å². The second kappa shape index (κ2) is 4.49. The van der Waals surface area contributed by atoms with Crippen molar-refractivity contribution in [2.45, 2.75) is 11.3 Å². The van der Waals surface area contributed by atoms with E-state index in [1.165, 1.54) is 0 Å². The lowest BCUT2D eigenvalue weighted by Crippen LogP contribution is -2.28. The van der Waals surface area contributed by atoms with Crippen molar-refractivity contribution in [2.75, 3.05) is 5.75 Å². The van der Waals surface area contributed by atoms with Gasteiger partial charge in [0.05, 0.1) is 5.92 Å². The van der Waals surface area contributed by atoms with E-state index in [1.807, 2.05) is 36.5 Å². The number of aliphatic imine (C=N–C) groups is 1. The maximum atomic E-state index is 11.4. The highest BCUT2D eigenvalue weighted by Gasteiger charge is 2.29. The minimum atomic E-state index is -0.310. The molecule has 0 bridgehead atoms. The molecule has 1 aromatic carbocycles. The topological polar surface area (TPSA) is 55.5 Å². The molecule has 0 spiro atoms. The second-order valence-corrected chi connectivity index (χ2v) is 4.50. The molecular weight excluding hydrogens is 208 g/mol. The number of nitrogens with zero attached hydrogens (tertiary/aromatic N) is 1. The average Bonchev–Trinajstić information content (AvgIpc) is 2.72. The zero-order valence-corrected chi connectivity index (χ0v) is 8.98. The Kier molecular flexibility index (Phi) is 3.06. The molecule has 1 aliphatic heterocycles. The molecule has 1 heterocycles. The number of carbonyl (C=O) groups is 1. The van der Waals surface area contributed by atoms with Crippen molar-refractivity contribution in [2.24, 2.45) is 10.7 Å². The van der Waals surface area contributed by atoms with E-state index in [0.717, 1.165) is 11.3 Å². The first-order valence-electron chi connectivity index (χ1n) is 4.76. The monoisotopic (exact) mass is 220 g/mol. The Labute approximate surface area is 92.8 Å². The quantitative estimate of drug-likeness (QED) is 0.837. The van der Waals surface area contributed by atoms with Crippen LogP contribution in [0.15, 0.2) is 35.3 Å². The van der Waals surface area contributed by atoms with Crippen LogP contribution in [0.2, 0.25) is 0 Å². The van der Waals surface area contributed by atoms with Gasteiger partial charge < -0.3 is 5.73 Å². The first-order chi connectivity index (χ1) is 7.29. The van der Waals surface area contributed by atoms with Crippen molar-refractivity contribution in [3.63, 3.8) is 0 Å². The first kappa shape index (κ1) is 10.2. The lowest BCUT2D eigenvalue weighted by Gasteiger charge is -2.17. The number of thioether (sulfide) groups is 1. The van der Waals surface area contributed by atoms with E-state index in [0.29, 0.717) is 0 Å². The van der Waals surface area contributed by atoms with Crippen LogP contribution >= 0.6 is 11.8 Å². The molecular formula is C11H12N2OS. The standard InChI is InChI=1S/C11H12N2OS/c12-10(14)9(11-13-6-7-15-11)8-4-2-1-3-5-8/h1-6,9,11H,7H2,(H2,12,14)/t9-,11-/m0/s1. The predicted octanol–water partition coefficient (Wildman–Crippen LogP) is 1.40. The Morgan fingerprint density at radius 3 is 2.73 bits per heavy atom. The van der Waals surface area contributed by atoms with Crippen LogP contribution in [0.3, 0.4) is 0 Å². The molecule has 0 aliphatic carbocycles. The number of amides is 1. The van der Waals surface area contributed by atoms with Gasteiger partial charge >= 0.3 is 0 Å². The van der Waals surface area contributed by atoms with Crippen LogP contribution in [0.1, 0.15) is 11.5 Å². The molecule has 0 radical (unpaired) electrons. The summed E-state index contributed by atoms with van der Waals surface area (Å²) < 4.78 is 0. The Bertz CT molecular complexity index is 377. The number of hydrogen-bond donors (Lipinski definition) is 1. The number of hydrogen-bond acceptors (Lipinski definition) is 3. The van der Waals surface area contributed by atoms with E-state index >= 15 is 0 Å². The Hall–Kier alpha value is -1.29. The molecule has 2 N–H and O–H groups in total. The zero-order valence-electron chi connectivity index (χ0n) is 8.17. The van der Waals surface area contributed by atoms with Gasteiger partial charge in [-0.25, -0.2) is 0 Å². The van der Waals surface area contributed by atoms with Crippen LogP contribution in [0.25, 0.3) is 0 Å². The Morgan fingerprint density at radius 2 is 2.20 bits per heavy atom. The van der Waals surface area contributed by atoms with E-state index in [-0.39, 0.29) is 17.2 Å². The molecule has 1 aromatic rings. The van der Waals surface area contributed by atoms with Crippen LogP contribution in [-0.4, -0.2) is 23.2 Å². The van der Waals surface area contributed by atoms with Crippen LogP contribution in [0, 0.1) is 0 Å². The Morgan fingerprint density at radius 1 is 1.47 bits per heavy atom. The normalized spacial score (nSPS) is 21.5. The van der Waals surface area contributed by atoms with Gasteiger partial charge in [-0.1, -0.05) is 30.3 Å². The van der Waals surface area contributed by atoms with Crippen molar-refractivity contribution < 1.29 is 4.79 Å². The summed E-state index contributed by atoms with van der Waals surface area (Å²) in [7, 11) is 0. The van der Waals surface area contributed by atoms with E-state index in [4.69, 9.17) is 5.73 Å². The van der Waals surface area contributed by atoms with Crippen LogP contribution in [-0.2, 0) is 4.79 Å². The smallest absolute Gasteiger partial charge is 0.228 e. The minimum absolute atomic E-state index is 0.0510. The summed E-state index contributed by atoms with van der Waals surface area (Å²) in [6, 6.07) is 9.59. The zero-order chi connectivity index (χ0) is 10.7. The Balaban J connectivity index is 2.27. The summed E-state index contributed by atoms with van der Waals surface area (Å²) in [4.78, 5) is 15.7. The van der Waals surface area contributed by atoms with Gasteiger partial charge in [-0.05, 0) is 5.56 Å². The molecule has 78 valence electrons. The fourth-order valence-electron chi connectivity index (χ4n) is 1.64. The SMILES string of the molecule is NC(=O)[C@H](c1ccccc1)[C@H]1N=CCS1. The molecule has 0 saturated carbocycles. The van der Waals surface area contributed by atoms with E-state index in [2.05, 4.69) is 4.99 Å². The van der Waals surface area contributed by atoms with Gasteiger partial charge in [0.1, 0.15) is 5.37 Å². The maximum Gasteiger partial charge on any atom is 0.228 e. The molecule has 2 atom stereocenters. The molecule has 0 fully saturated rings. The third-order valence-corrected chi connectivity index (χ3v) is 3.42. The third kappa shape index (κ3) is 2.21. The number of primary amides is 1. The minimum Gasteiger partial charge on any atom is -0.369 e. The summed E-state index contributed by atoms with van der Waals surface area (Å²) >= 11 is 1.65. The number of carbonyl (C=O) groups excluding carboxylic acids is 1. The molecule has 0 saturated heterocycles. The highest BCUT2D eigenvalue weighted by molar-refractivity contribution is 8.00. The van der Waals surface area contributed by atoms with Crippen molar-refractivity contribution in [1.29, 1.82) is 0 Å². The molecule has 15 heavy (non-hydrogen) atoms. The molecule has 1 amide bonds. The fraction of sp³-hybridized carbons (Fsp3) is 0.273. The number of rotatable bonds is 3. The summed E-state index contributed by atoms with van der Waals surface area (Å²) in [5.74, 6) is 0.245. The summed E-state index contributed by atoms with van der Waals surface area (Å²) in [6.45, 7) is 0. The van der Waals surface area contributed by atoms with Crippen molar-refractivity contribution >= 4 is 23.9 Å². The van der Waals surface area contributed by atoms with Gasteiger partial charge in [0.25, 0.3) is 0 Å². The molecule has 0 aromatic heterocycles. The van der Waals surface area contributed by atoms with Crippen molar-refractivity contribution in [3.05, 3.63) is 35.9 Å². The predicted molar refractivity (Wildman–Crippen MR) is 63.1 cm³/mol. The van der Waals surface area contributed by atoms with E-state index in [9.17, 15) is 4.79 Å². The molecule has 0 unspecified atom stereocenters. The largest absolute Gasteiger partial charge is 0.369 e. The fourth-order valence-corrected chi connectivity index (χ4v) is 2.67. The van der Waals surface area contributed by atoms with E-state index < -0.39 is 0 Å². The molecule has 4 heteroatoms. The van der Waals surface area contributed by atoms with Crippen LogP contribution in [0.4, 0.5) is 0 Å². The third-order valence-electron chi connectivity index (χ3n) is 2.34. The summed E-state index contributed by atoms with van der Waals surface area (Å²) in [5.41, 5.74) is 6.37. The number of nitrogens with two attached hydrogens (primary N) is 1. The van der Waals surface area contributed by atoms with Crippen molar-refractivity contribution in [3.8, 4) is 0 Å². The van der Waals surface area contributed by atoms with E-state index in [1.54, 1.807) is 11.8 Å². The highest BCUT2D eigenvalue weighted by atomic mass is 32.2. The molecule has 3 nitrogen and oxygen atoms in total. The lowest BCUT2D eigenvalue weighted by atomic mass is 9.98. The molecule has 2 rings (SSSR count). The van der Waals surface area contributed by atoms with Gasteiger partial charge in [-0.3, -0.25) is 9.79 Å². The van der Waals surface area contributed by atoms with Crippen LogP contribution < -0.4 is 5.73 Å². The highest BCUT2D eigenvalue weighted by Crippen LogP contribution is 2.31. The van der Waals surface area contributed by atoms with Crippen LogP contribution in [0.5, 0.6) is 0 Å². The first-order valence-corrected chi connectivity index (χ1v) is 5.81. The maximum absolute atomic E-state index is 11.4.